The first kappa shape index (κ1) is 14.0. The van der Waals surface area contributed by atoms with E-state index in [4.69, 9.17) is 0 Å². The SMILES string of the molecule is CCC1(C(=O)NCC(=O)N(C)C)CCCNC1. The van der Waals surface area contributed by atoms with Crippen molar-refractivity contribution in [3.05, 3.63) is 0 Å². The highest BCUT2D eigenvalue weighted by molar-refractivity contribution is 5.88. The summed E-state index contributed by atoms with van der Waals surface area (Å²) < 4.78 is 0. The average molecular weight is 241 g/mol. The molecule has 98 valence electrons. The van der Waals surface area contributed by atoms with Crippen LogP contribution in [0.1, 0.15) is 26.2 Å². The monoisotopic (exact) mass is 241 g/mol. The molecule has 0 spiro atoms. The lowest BCUT2D eigenvalue weighted by atomic mass is 9.77. The van der Waals surface area contributed by atoms with Crippen LogP contribution in [0.5, 0.6) is 0 Å². The van der Waals surface area contributed by atoms with Gasteiger partial charge in [-0.25, -0.2) is 0 Å². The Morgan fingerprint density at radius 2 is 2.12 bits per heavy atom. The molecule has 1 atom stereocenters. The molecule has 1 heterocycles. The Kier molecular flexibility index (Phi) is 4.93. The Morgan fingerprint density at radius 3 is 2.59 bits per heavy atom. The van der Waals surface area contributed by atoms with Gasteiger partial charge in [-0.1, -0.05) is 6.92 Å². The van der Waals surface area contributed by atoms with Crippen molar-refractivity contribution < 1.29 is 9.59 Å². The third-order valence-electron chi connectivity index (χ3n) is 3.53. The molecule has 0 aromatic heterocycles. The molecule has 1 aliphatic heterocycles. The number of nitrogens with zero attached hydrogens (tertiary/aromatic N) is 1. The number of carbonyl (C=O) groups is 2. The van der Waals surface area contributed by atoms with E-state index in [0.29, 0.717) is 6.54 Å². The molecule has 1 aliphatic rings. The Hall–Kier alpha value is -1.10. The van der Waals surface area contributed by atoms with Crippen LogP contribution in [-0.2, 0) is 9.59 Å². The van der Waals surface area contributed by atoms with Crippen molar-refractivity contribution in [2.75, 3.05) is 33.7 Å². The maximum absolute atomic E-state index is 12.2. The van der Waals surface area contributed by atoms with Crippen molar-refractivity contribution in [2.24, 2.45) is 5.41 Å². The van der Waals surface area contributed by atoms with Crippen molar-refractivity contribution in [2.45, 2.75) is 26.2 Å². The predicted molar refractivity (Wildman–Crippen MR) is 66.5 cm³/mol. The van der Waals surface area contributed by atoms with E-state index in [1.165, 1.54) is 4.90 Å². The molecule has 5 heteroatoms. The van der Waals surface area contributed by atoms with Crippen LogP contribution in [0.3, 0.4) is 0 Å². The Bertz CT molecular complexity index is 283. The number of amides is 2. The van der Waals surface area contributed by atoms with Crippen LogP contribution in [0.15, 0.2) is 0 Å². The molecule has 0 aromatic carbocycles. The van der Waals surface area contributed by atoms with Gasteiger partial charge in [0, 0.05) is 20.6 Å². The fourth-order valence-electron chi connectivity index (χ4n) is 2.13. The lowest BCUT2D eigenvalue weighted by molar-refractivity contribution is -0.136. The molecule has 1 unspecified atom stereocenters. The lowest BCUT2D eigenvalue weighted by Gasteiger charge is -2.35. The molecular formula is C12H23N3O2. The van der Waals surface area contributed by atoms with E-state index in [9.17, 15) is 9.59 Å². The molecule has 17 heavy (non-hydrogen) atoms. The molecule has 0 saturated carbocycles. The summed E-state index contributed by atoms with van der Waals surface area (Å²) in [5.41, 5.74) is -0.329. The highest BCUT2D eigenvalue weighted by Crippen LogP contribution is 2.29. The Labute approximate surface area is 103 Å². The number of carbonyl (C=O) groups excluding carboxylic acids is 2. The second-order valence-electron chi connectivity index (χ2n) is 4.89. The average Bonchev–Trinajstić information content (AvgIpc) is 2.36. The summed E-state index contributed by atoms with van der Waals surface area (Å²) in [4.78, 5) is 25.1. The number of hydrogen-bond donors (Lipinski definition) is 2. The van der Waals surface area contributed by atoms with Gasteiger partial charge in [-0.2, -0.15) is 0 Å². The first-order chi connectivity index (χ1) is 8.02. The van der Waals surface area contributed by atoms with Gasteiger partial charge in [-0.15, -0.1) is 0 Å². The number of nitrogens with one attached hydrogen (secondary N) is 2. The third-order valence-corrected chi connectivity index (χ3v) is 3.53. The van der Waals surface area contributed by atoms with E-state index >= 15 is 0 Å². The molecule has 1 fully saturated rings. The topological polar surface area (TPSA) is 61.4 Å². The molecule has 0 aromatic rings. The lowest BCUT2D eigenvalue weighted by Crippen LogP contribution is -2.51. The van der Waals surface area contributed by atoms with Crippen LogP contribution in [-0.4, -0.2) is 50.4 Å². The van der Waals surface area contributed by atoms with Crippen molar-refractivity contribution in [1.82, 2.24) is 15.5 Å². The van der Waals surface area contributed by atoms with E-state index in [0.717, 1.165) is 25.8 Å². The molecule has 1 saturated heterocycles. The van der Waals surface area contributed by atoms with Gasteiger partial charge < -0.3 is 15.5 Å². The Morgan fingerprint density at radius 1 is 1.41 bits per heavy atom. The fourth-order valence-corrected chi connectivity index (χ4v) is 2.13. The molecule has 0 radical (unpaired) electrons. The minimum Gasteiger partial charge on any atom is -0.347 e. The molecular weight excluding hydrogens is 218 g/mol. The highest BCUT2D eigenvalue weighted by Gasteiger charge is 2.37. The van der Waals surface area contributed by atoms with Crippen molar-refractivity contribution in [3.63, 3.8) is 0 Å². The second-order valence-corrected chi connectivity index (χ2v) is 4.89. The zero-order chi connectivity index (χ0) is 12.9. The normalized spacial score (nSPS) is 24.2. The van der Waals surface area contributed by atoms with E-state index in [2.05, 4.69) is 10.6 Å². The maximum atomic E-state index is 12.2. The van der Waals surface area contributed by atoms with E-state index in [1.54, 1.807) is 14.1 Å². The van der Waals surface area contributed by atoms with Gasteiger partial charge >= 0.3 is 0 Å². The highest BCUT2D eigenvalue weighted by atomic mass is 16.2. The van der Waals surface area contributed by atoms with E-state index in [1.807, 2.05) is 6.92 Å². The molecule has 2 amide bonds. The van der Waals surface area contributed by atoms with Gasteiger partial charge in [0.25, 0.3) is 0 Å². The predicted octanol–water partition coefficient (Wildman–Crippen LogP) is -0.0294. The molecule has 5 nitrogen and oxygen atoms in total. The molecule has 0 aliphatic carbocycles. The summed E-state index contributed by atoms with van der Waals surface area (Å²) in [5, 5.41) is 6.02. The molecule has 1 rings (SSSR count). The van der Waals surface area contributed by atoms with Gasteiger partial charge in [0.05, 0.1) is 12.0 Å². The molecule has 2 N–H and O–H groups in total. The van der Waals surface area contributed by atoms with Gasteiger partial charge in [0.15, 0.2) is 0 Å². The van der Waals surface area contributed by atoms with Crippen molar-refractivity contribution >= 4 is 11.8 Å². The van der Waals surface area contributed by atoms with Crippen LogP contribution in [0.4, 0.5) is 0 Å². The number of piperidine rings is 1. The number of likely N-dealkylation sites (N-methyl/N-ethyl adjacent to an activating group) is 1. The first-order valence-corrected chi connectivity index (χ1v) is 6.21. The molecule has 0 bridgehead atoms. The standard InChI is InChI=1S/C12H23N3O2/c1-4-12(6-5-7-13-9-12)11(17)14-8-10(16)15(2)3/h13H,4-9H2,1-3H3,(H,14,17). The smallest absolute Gasteiger partial charge is 0.241 e. The van der Waals surface area contributed by atoms with Crippen LogP contribution in [0.25, 0.3) is 0 Å². The summed E-state index contributed by atoms with van der Waals surface area (Å²) >= 11 is 0. The largest absolute Gasteiger partial charge is 0.347 e. The van der Waals surface area contributed by atoms with Gasteiger partial charge in [0.1, 0.15) is 0 Å². The second kappa shape index (κ2) is 6.00. The summed E-state index contributed by atoms with van der Waals surface area (Å²) in [6, 6.07) is 0. The summed E-state index contributed by atoms with van der Waals surface area (Å²) in [5.74, 6) is -0.0734. The van der Waals surface area contributed by atoms with Gasteiger partial charge in [-0.3, -0.25) is 9.59 Å². The minimum atomic E-state index is -0.329. The Balaban J connectivity index is 2.52. The zero-order valence-corrected chi connectivity index (χ0v) is 11.0. The van der Waals surface area contributed by atoms with Crippen LogP contribution >= 0.6 is 0 Å². The van der Waals surface area contributed by atoms with Crippen molar-refractivity contribution in [3.8, 4) is 0 Å². The quantitative estimate of drug-likeness (QED) is 0.726. The van der Waals surface area contributed by atoms with Crippen LogP contribution in [0, 0.1) is 5.41 Å². The van der Waals surface area contributed by atoms with Gasteiger partial charge in [0.2, 0.25) is 11.8 Å². The third kappa shape index (κ3) is 3.43. The zero-order valence-electron chi connectivity index (χ0n) is 11.0. The van der Waals surface area contributed by atoms with E-state index < -0.39 is 0 Å². The van der Waals surface area contributed by atoms with Crippen LogP contribution < -0.4 is 10.6 Å². The van der Waals surface area contributed by atoms with E-state index in [-0.39, 0.29) is 23.8 Å². The fraction of sp³-hybridized carbons (Fsp3) is 0.833. The summed E-state index contributed by atoms with van der Waals surface area (Å²) in [7, 11) is 3.37. The maximum Gasteiger partial charge on any atom is 0.241 e. The number of rotatable bonds is 4. The number of hydrogen-bond acceptors (Lipinski definition) is 3. The van der Waals surface area contributed by atoms with Gasteiger partial charge in [-0.05, 0) is 25.8 Å². The first-order valence-electron chi connectivity index (χ1n) is 6.21. The van der Waals surface area contributed by atoms with Crippen molar-refractivity contribution in [1.29, 1.82) is 0 Å². The van der Waals surface area contributed by atoms with Crippen LogP contribution in [0.2, 0.25) is 0 Å². The summed E-state index contributed by atoms with van der Waals surface area (Å²) in [6.45, 7) is 3.81. The minimum absolute atomic E-state index is 0.00222. The summed E-state index contributed by atoms with van der Waals surface area (Å²) in [6.07, 6.45) is 2.73.